The van der Waals surface area contributed by atoms with E-state index in [1.807, 2.05) is 49.1 Å². The Balaban J connectivity index is 1.60. The maximum atomic E-state index is 11.5. The van der Waals surface area contributed by atoms with Gasteiger partial charge in [0.05, 0.1) is 6.26 Å². The number of rotatable bonds is 5. The number of aromatic nitrogens is 2. The lowest BCUT2D eigenvalue weighted by Crippen LogP contribution is -2.25. The number of hydrogen-bond donors (Lipinski definition) is 2. The summed E-state index contributed by atoms with van der Waals surface area (Å²) >= 11 is 0. The fourth-order valence-corrected chi connectivity index (χ4v) is 4.30. The number of anilines is 3. The summed E-state index contributed by atoms with van der Waals surface area (Å²) in [5.74, 6) is 0.974. The molecule has 2 aromatic carbocycles. The van der Waals surface area contributed by atoms with Gasteiger partial charge in [-0.2, -0.15) is 5.10 Å². The molecular formula is C21H25N5O2S. The van der Waals surface area contributed by atoms with Crippen LogP contribution in [0.2, 0.25) is 0 Å². The number of nitrogens with one attached hydrogen (secondary N) is 2. The van der Waals surface area contributed by atoms with E-state index in [9.17, 15) is 8.42 Å². The molecule has 1 aromatic heterocycles. The number of fused-ring (bicyclic) bond motifs is 1. The Morgan fingerprint density at radius 3 is 2.62 bits per heavy atom. The monoisotopic (exact) mass is 411 g/mol. The SMILES string of the molecule is CN(c1ccc(-c2cccc(NS(C)(=O)=O)c2)cc1)c1nn(C)c2c1CNCC2. The molecule has 3 aromatic rings. The molecule has 0 aliphatic carbocycles. The van der Waals surface area contributed by atoms with E-state index in [2.05, 4.69) is 27.1 Å². The molecule has 1 aliphatic rings. The molecule has 0 amide bonds. The summed E-state index contributed by atoms with van der Waals surface area (Å²) in [6, 6.07) is 15.6. The number of aryl methyl sites for hydroxylation is 1. The van der Waals surface area contributed by atoms with Gasteiger partial charge in [0.2, 0.25) is 10.0 Å². The molecule has 0 fully saturated rings. The van der Waals surface area contributed by atoms with E-state index in [0.717, 1.165) is 48.4 Å². The van der Waals surface area contributed by atoms with Crippen LogP contribution in [0.15, 0.2) is 48.5 Å². The minimum absolute atomic E-state index is 0.554. The number of sulfonamides is 1. The summed E-state index contributed by atoms with van der Waals surface area (Å²) in [5.41, 5.74) is 6.11. The van der Waals surface area contributed by atoms with E-state index in [1.54, 1.807) is 6.07 Å². The van der Waals surface area contributed by atoms with Crippen molar-refractivity contribution in [3.8, 4) is 11.1 Å². The molecule has 152 valence electrons. The molecule has 0 bridgehead atoms. The Morgan fingerprint density at radius 2 is 1.90 bits per heavy atom. The van der Waals surface area contributed by atoms with Crippen LogP contribution in [0.5, 0.6) is 0 Å². The van der Waals surface area contributed by atoms with Crippen LogP contribution in [0.25, 0.3) is 11.1 Å². The molecule has 2 heterocycles. The molecule has 1 aliphatic heterocycles. The summed E-state index contributed by atoms with van der Waals surface area (Å²) in [6.45, 7) is 1.82. The summed E-state index contributed by atoms with van der Waals surface area (Å²) in [7, 11) is 0.732. The van der Waals surface area contributed by atoms with Gasteiger partial charge in [-0.1, -0.05) is 24.3 Å². The molecular weight excluding hydrogens is 386 g/mol. The highest BCUT2D eigenvalue weighted by Gasteiger charge is 2.22. The fraction of sp³-hybridized carbons (Fsp3) is 0.286. The molecule has 2 N–H and O–H groups in total. The zero-order chi connectivity index (χ0) is 20.6. The lowest BCUT2D eigenvalue weighted by atomic mass is 10.0. The second-order valence-electron chi connectivity index (χ2n) is 7.36. The van der Waals surface area contributed by atoms with Gasteiger partial charge in [-0.3, -0.25) is 9.40 Å². The van der Waals surface area contributed by atoms with Crippen molar-refractivity contribution in [2.75, 3.05) is 29.5 Å². The molecule has 0 saturated heterocycles. The molecule has 0 radical (unpaired) electrons. The lowest BCUT2D eigenvalue weighted by Gasteiger charge is -2.21. The van der Waals surface area contributed by atoms with Gasteiger partial charge in [-0.05, 0) is 35.4 Å². The first kappa shape index (κ1) is 19.5. The van der Waals surface area contributed by atoms with Crippen LogP contribution in [0.4, 0.5) is 17.2 Å². The highest BCUT2D eigenvalue weighted by molar-refractivity contribution is 7.92. The average molecular weight is 412 g/mol. The van der Waals surface area contributed by atoms with E-state index >= 15 is 0 Å². The first-order chi connectivity index (χ1) is 13.8. The van der Waals surface area contributed by atoms with Crippen molar-refractivity contribution in [3.63, 3.8) is 0 Å². The van der Waals surface area contributed by atoms with Gasteiger partial charge in [0.1, 0.15) is 0 Å². The van der Waals surface area contributed by atoms with Gasteiger partial charge in [-0.25, -0.2) is 8.42 Å². The topological polar surface area (TPSA) is 79.3 Å². The predicted octanol–water partition coefficient (Wildman–Crippen LogP) is 2.87. The normalized spacial score (nSPS) is 13.8. The lowest BCUT2D eigenvalue weighted by molar-refractivity contribution is 0.604. The second kappa shape index (κ2) is 7.53. The van der Waals surface area contributed by atoms with Crippen LogP contribution < -0.4 is 14.9 Å². The van der Waals surface area contributed by atoms with Gasteiger partial charge in [0, 0.05) is 56.2 Å². The summed E-state index contributed by atoms with van der Waals surface area (Å²) in [4.78, 5) is 2.11. The quantitative estimate of drug-likeness (QED) is 0.675. The summed E-state index contributed by atoms with van der Waals surface area (Å²) < 4.78 is 27.5. The molecule has 8 heteroatoms. The molecule has 7 nitrogen and oxygen atoms in total. The average Bonchev–Trinajstić information content (AvgIpc) is 3.03. The van der Waals surface area contributed by atoms with Gasteiger partial charge < -0.3 is 10.2 Å². The molecule has 0 saturated carbocycles. The van der Waals surface area contributed by atoms with Crippen molar-refractivity contribution in [3.05, 3.63) is 59.8 Å². The Labute approximate surface area is 171 Å². The highest BCUT2D eigenvalue weighted by Crippen LogP contribution is 2.31. The van der Waals surface area contributed by atoms with Crippen molar-refractivity contribution in [1.82, 2.24) is 15.1 Å². The third kappa shape index (κ3) is 4.13. The minimum Gasteiger partial charge on any atom is -0.328 e. The van der Waals surface area contributed by atoms with Gasteiger partial charge in [0.15, 0.2) is 5.82 Å². The Hall–Kier alpha value is -2.84. The first-order valence-corrected chi connectivity index (χ1v) is 11.4. The maximum Gasteiger partial charge on any atom is 0.229 e. The molecule has 0 unspecified atom stereocenters. The van der Waals surface area contributed by atoms with Crippen LogP contribution in [-0.4, -0.2) is 38.0 Å². The Morgan fingerprint density at radius 1 is 1.14 bits per heavy atom. The van der Waals surface area contributed by atoms with Crippen LogP contribution in [0, 0.1) is 0 Å². The summed E-state index contributed by atoms with van der Waals surface area (Å²) in [6.07, 6.45) is 2.14. The maximum absolute atomic E-state index is 11.5. The number of benzene rings is 2. The minimum atomic E-state index is -3.30. The Bertz CT molecular complexity index is 1140. The predicted molar refractivity (Wildman–Crippen MR) is 117 cm³/mol. The molecule has 29 heavy (non-hydrogen) atoms. The van der Waals surface area contributed by atoms with E-state index in [4.69, 9.17) is 5.10 Å². The van der Waals surface area contributed by atoms with Crippen molar-refractivity contribution >= 4 is 27.2 Å². The standard InChI is InChI=1S/C21H25N5O2S/c1-25(21-19-14-22-12-11-20(19)26(2)23-21)18-9-7-15(8-10-18)16-5-4-6-17(13-16)24-29(3,27)28/h4-10,13,22,24H,11-12,14H2,1-3H3. The summed E-state index contributed by atoms with van der Waals surface area (Å²) in [5, 5.41) is 8.16. The second-order valence-corrected chi connectivity index (χ2v) is 9.11. The van der Waals surface area contributed by atoms with Gasteiger partial charge in [-0.15, -0.1) is 0 Å². The third-order valence-corrected chi connectivity index (χ3v) is 5.77. The smallest absolute Gasteiger partial charge is 0.229 e. The number of nitrogens with zero attached hydrogens (tertiary/aromatic N) is 3. The number of hydrogen-bond acceptors (Lipinski definition) is 5. The van der Waals surface area contributed by atoms with Crippen molar-refractivity contribution < 1.29 is 8.42 Å². The Kier molecular flexibility index (Phi) is 5.06. The molecule has 4 rings (SSSR count). The van der Waals surface area contributed by atoms with Crippen molar-refractivity contribution in [1.29, 1.82) is 0 Å². The van der Waals surface area contributed by atoms with Crippen molar-refractivity contribution in [2.24, 2.45) is 7.05 Å². The first-order valence-electron chi connectivity index (χ1n) is 9.49. The van der Waals surface area contributed by atoms with Crippen LogP contribution in [0.3, 0.4) is 0 Å². The van der Waals surface area contributed by atoms with E-state index in [0.29, 0.717) is 5.69 Å². The van der Waals surface area contributed by atoms with E-state index in [-0.39, 0.29) is 0 Å². The van der Waals surface area contributed by atoms with Crippen LogP contribution in [-0.2, 0) is 30.0 Å². The van der Waals surface area contributed by atoms with Crippen LogP contribution in [0.1, 0.15) is 11.3 Å². The zero-order valence-electron chi connectivity index (χ0n) is 16.8. The van der Waals surface area contributed by atoms with Gasteiger partial charge in [0.25, 0.3) is 0 Å². The largest absolute Gasteiger partial charge is 0.328 e. The van der Waals surface area contributed by atoms with Crippen LogP contribution >= 0.6 is 0 Å². The fourth-order valence-electron chi connectivity index (χ4n) is 3.75. The third-order valence-electron chi connectivity index (χ3n) is 5.17. The molecule has 0 atom stereocenters. The van der Waals surface area contributed by atoms with Gasteiger partial charge >= 0.3 is 0 Å². The zero-order valence-corrected chi connectivity index (χ0v) is 17.6. The van der Waals surface area contributed by atoms with Crippen molar-refractivity contribution in [2.45, 2.75) is 13.0 Å². The van der Waals surface area contributed by atoms with E-state index < -0.39 is 10.0 Å². The highest BCUT2D eigenvalue weighted by atomic mass is 32.2. The molecule has 0 spiro atoms. The van der Waals surface area contributed by atoms with E-state index in [1.165, 1.54) is 11.3 Å².